The molecular weight excluding hydrogens is 292 g/mol. The van der Waals surface area contributed by atoms with Crippen LogP contribution >= 0.6 is 0 Å². The average Bonchev–Trinajstić information content (AvgIpc) is 2.44. The van der Waals surface area contributed by atoms with Crippen LogP contribution in [0.25, 0.3) is 0 Å². The zero-order chi connectivity index (χ0) is 15.9. The predicted molar refractivity (Wildman–Crippen MR) is 69.4 cm³/mol. The third-order valence-corrected chi connectivity index (χ3v) is 2.67. The summed E-state index contributed by atoms with van der Waals surface area (Å²) < 4.78 is 59.4. The van der Waals surface area contributed by atoms with Crippen molar-refractivity contribution in [1.82, 2.24) is 5.43 Å². The lowest BCUT2D eigenvalue weighted by molar-refractivity contribution is -0.167. The van der Waals surface area contributed by atoms with Gasteiger partial charge in [-0.05, 0) is 24.6 Å². The number of hydrogen-bond donors (Lipinski definition) is 2. The SMILES string of the molecule is CCOc1cccc(C(COCC(F)(F)C(F)F)NN)c1. The van der Waals surface area contributed by atoms with Crippen molar-refractivity contribution in [2.24, 2.45) is 5.84 Å². The molecule has 0 bridgehead atoms. The highest BCUT2D eigenvalue weighted by Gasteiger charge is 2.41. The van der Waals surface area contributed by atoms with Crippen LogP contribution in [-0.2, 0) is 4.74 Å². The molecule has 1 rings (SSSR count). The van der Waals surface area contributed by atoms with Crippen molar-refractivity contribution in [3.05, 3.63) is 29.8 Å². The van der Waals surface area contributed by atoms with Gasteiger partial charge < -0.3 is 9.47 Å². The van der Waals surface area contributed by atoms with E-state index in [4.69, 9.17) is 10.6 Å². The van der Waals surface area contributed by atoms with E-state index >= 15 is 0 Å². The van der Waals surface area contributed by atoms with Crippen molar-refractivity contribution in [3.8, 4) is 5.75 Å². The zero-order valence-corrected chi connectivity index (χ0v) is 11.5. The van der Waals surface area contributed by atoms with Crippen molar-refractivity contribution >= 4 is 0 Å². The Bertz CT molecular complexity index is 432. The number of nitrogens with two attached hydrogens (primary N) is 1. The molecule has 1 aromatic rings. The summed E-state index contributed by atoms with van der Waals surface area (Å²) in [5, 5.41) is 0. The summed E-state index contributed by atoms with van der Waals surface area (Å²) in [6, 6.07) is 6.19. The molecular formula is C13H18F4N2O2. The minimum absolute atomic E-state index is 0.269. The molecule has 0 saturated heterocycles. The van der Waals surface area contributed by atoms with E-state index in [1.165, 1.54) is 0 Å². The molecule has 21 heavy (non-hydrogen) atoms. The fourth-order valence-electron chi connectivity index (χ4n) is 1.60. The van der Waals surface area contributed by atoms with Gasteiger partial charge in [-0.15, -0.1) is 0 Å². The van der Waals surface area contributed by atoms with E-state index in [9.17, 15) is 17.6 Å². The second-order valence-corrected chi connectivity index (χ2v) is 4.30. The van der Waals surface area contributed by atoms with Gasteiger partial charge in [0.1, 0.15) is 12.4 Å². The highest BCUT2D eigenvalue weighted by Crippen LogP contribution is 2.24. The molecule has 0 aliphatic heterocycles. The lowest BCUT2D eigenvalue weighted by Crippen LogP contribution is -2.36. The zero-order valence-electron chi connectivity index (χ0n) is 11.5. The number of benzene rings is 1. The molecule has 0 aliphatic rings. The Morgan fingerprint density at radius 1 is 1.33 bits per heavy atom. The Kier molecular flexibility index (Phi) is 6.86. The number of ether oxygens (including phenoxy) is 2. The smallest absolute Gasteiger partial charge is 0.330 e. The molecule has 1 unspecified atom stereocenters. The maximum atomic E-state index is 12.7. The van der Waals surface area contributed by atoms with E-state index < -0.39 is 25.0 Å². The van der Waals surface area contributed by atoms with Crippen molar-refractivity contribution in [2.45, 2.75) is 25.3 Å². The van der Waals surface area contributed by atoms with Crippen LogP contribution in [0, 0.1) is 0 Å². The number of alkyl halides is 4. The third-order valence-electron chi connectivity index (χ3n) is 2.67. The van der Waals surface area contributed by atoms with Gasteiger partial charge in [0.25, 0.3) is 0 Å². The molecule has 1 atom stereocenters. The molecule has 0 fully saturated rings. The van der Waals surface area contributed by atoms with Crippen molar-refractivity contribution in [1.29, 1.82) is 0 Å². The highest BCUT2D eigenvalue weighted by atomic mass is 19.3. The van der Waals surface area contributed by atoms with Crippen LogP contribution in [-0.4, -0.2) is 32.2 Å². The van der Waals surface area contributed by atoms with E-state index in [1.807, 2.05) is 6.92 Å². The molecule has 8 heteroatoms. The van der Waals surface area contributed by atoms with E-state index in [1.54, 1.807) is 24.3 Å². The molecule has 3 N–H and O–H groups in total. The summed E-state index contributed by atoms with van der Waals surface area (Å²) in [6.45, 7) is 0.657. The Morgan fingerprint density at radius 2 is 2.05 bits per heavy atom. The van der Waals surface area contributed by atoms with Gasteiger partial charge in [-0.3, -0.25) is 11.3 Å². The van der Waals surface area contributed by atoms with Crippen LogP contribution in [0.2, 0.25) is 0 Å². The summed E-state index contributed by atoms with van der Waals surface area (Å²) in [4.78, 5) is 0. The summed E-state index contributed by atoms with van der Waals surface area (Å²) in [6.07, 6.45) is -3.76. The van der Waals surface area contributed by atoms with Gasteiger partial charge in [0.2, 0.25) is 0 Å². The van der Waals surface area contributed by atoms with Gasteiger partial charge in [0, 0.05) is 0 Å². The van der Waals surface area contributed by atoms with Gasteiger partial charge in [0.15, 0.2) is 0 Å². The average molecular weight is 310 g/mol. The molecule has 0 aliphatic carbocycles. The molecule has 0 saturated carbocycles. The monoisotopic (exact) mass is 310 g/mol. The fourth-order valence-corrected chi connectivity index (χ4v) is 1.60. The molecule has 0 aromatic heterocycles. The molecule has 0 radical (unpaired) electrons. The van der Waals surface area contributed by atoms with E-state index in [0.29, 0.717) is 17.9 Å². The minimum Gasteiger partial charge on any atom is -0.494 e. The van der Waals surface area contributed by atoms with Gasteiger partial charge in [-0.25, -0.2) is 8.78 Å². The second kappa shape index (κ2) is 8.16. The van der Waals surface area contributed by atoms with Crippen LogP contribution in [0.15, 0.2) is 24.3 Å². The number of hydrazine groups is 1. The second-order valence-electron chi connectivity index (χ2n) is 4.30. The number of hydrogen-bond acceptors (Lipinski definition) is 4. The first kappa shape index (κ1) is 17.7. The number of halogens is 4. The first-order valence-electron chi connectivity index (χ1n) is 6.33. The minimum atomic E-state index is -4.17. The number of rotatable bonds is 9. The maximum absolute atomic E-state index is 12.7. The predicted octanol–water partition coefficient (Wildman–Crippen LogP) is 2.51. The largest absolute Gasteiger partial charge is 0.494 e. The van der Waals surface area contributed by atoms with Gasteiger partial charge in [-0.1, -0.05) is 12.1 Å². The summed E-state index contributed by atoms with van der Waals surface area (Å²) >= 11 is 0. The molecule has 0 heterocycles. The van der Waals surface area contributed by atoms with Gasteiger partial charge in [-0.2, -0.15) is 8.78 Å². The first-order valence-corrected chi connectivity index (χ1v) is 6.33. The first-order chi connectivity index (χ1) is 9.90. The molecule has 0 spiro atoms. The standard InChI is InChI=1S/C13H18F4N2O2/c1-2-21-10-5-3-4-9(6-10)11(19-18)7-20-8-13(16,17)12(14)15/h3-6,11-12,19H,2,7-8,18H2,1H3. The van der Waals surface area contributed by atoms with Crippen molar-refractivity contribution < 1.29 is 27.0 Å². The van der Waals surface area contributed by atoms with E-state index in [-0.39, 0.29) is 6.61 Å². The van der Waals surface area contributed by atoms with E-state index in [0.717, 1.165) is 0 Å². The van der Waals surface area contributed by atoms with Crippen molar-refractivity contribution in [3.63, 3.8) is 0 Å². The Labute approximate surface area is 120 Å². The Balaban J connectivity index is 2.61. The summed E-state index contributed by atoms with van der Waals surface area (Å²) in [7, 11) is 0. The van der Waals surface area contributed by atoms with Crippen LogP contribution in [0.3, 0.4) is 0 Å². The Morgan fingerprint density at radius 3 is 2.62 bits per heavy atom. The molecule has 1 aromatic carbocycles. The molecule has 0 amide bonds. The molecule has 120 valence electrons. The van der Waals surface area contributed by atoms with Gasteiger partial charge >= 0.3 is 12.3 Å². The van der Waals surface area contributed by atoms with Crippen molar-refractivity contribution in [2.75, 3.05) is 19.8 Å². The van der Waals surface area contributed by atoms with Crippen LogP contribution in [0.5, 0.6) is 5.75 Å². The van der Waals surface area contributed by atoms with E-state index in [2.05, 4.69) is 10.2 Å². The van der Waals surface area contributed by atoms with Crippen LogP contribution < -0.4 is 16.0 Å². The normalized spacial score (nSPS) is 13.5. The topological polar surface area (TPSA) is 56.5 Å². The third kappa shape index (κ3) is 5.49. The lowest BCUT2D eigenvalue weighted by Gasteiger charge is -2.20. The Hall–Kier alpha value is -1.38. The maximum Gasteiger partial charge on any atom is 0.330 e. The van der Waals surface area contributed by atoms with Crippen LogP contribution in [0.4, 0.5) is 17.6 Å². The molecule has 4 nitrogen and oxygen atoms in total. The van der Waals surface area contributed by atoms with Crippen LogP contribution in [0.1, 0.15) is 18.5 Å². The quantitative estimate of drug-likeness (QED) is 0.418. The number of nitrogens with one attached hydrogen (secondary N) is 1. The highest BCUT2D eigenvalue weighted by molar-refractivity contribution is 5.30. The summed E-state index contributed by atoms with van der Waals surface area (Å²) in [5.74, 6) is 1.75. The van der Waals surface area contributed by atoms with Gasteiger partial charge in [0.05, 0.1) is 19.3 Å². The summed E-state index contributed by atoms with van der Waals surface area (Å²) in [5.41, 5.74) is 3.03. The lowest BCUT2D eigenvalue weighted by atomic mass is 10.1. The fraction of sp³-hybridized carbons (Fsp3) is 0.538.